The van der Waals surface area contributed by atoms with Crippen LogP contribution in [0.5, 0.6) is 0 Å². The summed E-state index contributed by atoms with van der Waals surface area (Å²) in [5, 5.41) is 8.92. The lowest BCUT2D eigenvalue weighted by Gasteiger charge is -2.02. The van der Waals surface area contributed by atoms with Crippen molar-refractivity contribution in [1.29, 1.82) is 5.26 Å². The average Bonchev–Trinajstić information content (AvgIpc) is 2.28. The smallest absolute Gasteiger partial charge is 0.138 e. The lowest BCUT2D eigenvalue weighted by Crippen LogP contribution is -1.98. The van der Waals surface area contributed by atoms with E-state index in [0.29, 0.717) is 11.3 Å². The molecule has 3 heteroatoms. The molecule has 0 aromatic heterocycles. The van der Waals surface area contributed by atoms with Crippen molar-refractivity contribution in [2.75, 3.05) is 0 Å². The fourth-order valence-corrected chi connectivity index (χ4v) is 1.24. The SMILES string of the molecule is BC(=C)/C=C\C=C(/N)c1ccccc1C#N. The standard InChI is InChI=1S/C13H13BN2/c1-10(14)5-4-8-13(16)12-7-3-2-6-11(12)9-15/h2-8H,1,14,16H2/b5-4-,13-8-. The normalized spacial score (nSPS) is 11.3. The van der Waals surface area contributed by atoms with Gasteiger partial charge in [0.1, 0.15) is 7.85 Å². The third-order valence-electron chi connectivity index (χ3n) is 2.02. The molecule has 0 radical (unpaired) electrons. The number of nitrogens with zero attached hydrogens (tertiary/aromatic N) is 1. The zero-order valence-electron chi connectivity index (χ0n) is 9.27. The number of nitrogens with two attached hydrogens (primary N) is 1. The average molecular weight is 208 g/mol. The molecule has 0 saturated heterocycles. The predicted molar refractivity (Wildman–Crippen MR) is 70.1 cm³/mol. The first-order valence-corrected chi connectivity index (χ1v) is 4.94. The molecule has 0 spiro atoms. The third-order valence-corrected chi connectivity index (χ3v) is 2.02. The van der Waals surface area contributed by atoms with Crippen molar-refractivity contribution in [2.45, 2.75) is 0 Å². The van der Waals surface area contributed by atoms with Crippen LogP contribution in [0.2, 0.25) is 0 Å². The first-order chi connectivity index (χ1) is 7.65. The van der Waals surface area contributed by atoms with Crippen LogP contribution in [0.4, 0.5) is 0 Å². The largest absolute Gasteiger partial charge is 0.398 e. The number of nitriles is 1. The molecule has 0 fully saturated rings. The maximum atomic E-state index is 8.92. The molecule has 0 aliphatic heterocycles. The van der Waals surface area contributed by atoms with Gasteiger partial charge in [0.25, 0.3) is 0 Å². The van der Waals surface area contributed by atoms with Crippen molar-refractivity contribution in [3.05, 3.63) is 65.7 Å². The Balaban J connectivity index is 3.01. The van der Waals surface area contributed by atoms with Crippen molar-refractivity contribution < 1.29 is 0 Å². The molecule has 0 unspecified atom stereocenters. The highest BCUT2D eigenvalue weighted by Gasteiger charge is 2.01. The second-order valence-corrected chi connectivity index (χ2v) is 3.48. The van der Waals surface area contributed by atoms with E-state index in [-0.39, 0.29) is 0 Å². The van der Waals surface area contributed by atoms with Gasteiger partial charge in [-0.05, 0) is 12.1 Å². The van der Waals surface area contributed by atoms with Crippen molar-refractivity contribution in [1.82, 2.24) is 0 Å². The maximum absolute atomic E-state index is 8.92. The summed E-state index contributed by atoms with van der Waals surface area (Å²) in [6.45, 7) is 3.75. The lowest BCUT2D eigenvalue weighted by molar-refractivity contribution is 1.43. The highest BCUT2D eigenvalue weighted by Crippen LogP contribution is 2.14. The molecule has 2 N–H and O–H groups in total. The van der Waals surface area contributed by atoms with Crippen LogP contribution in [0.3, 0.4) is 0 Å². The van der Waals surface area contributed by atoms with E-state index in [1.807, 2.05) is 38.2 Å². The van der Waals surface area contributed by atoms with E-state index >= 15 is 0 Å². The molecule has 0 aliphatic rings. The molecule has 0 heterocycles. The second kappa shape index (κ2) is 5.62. The summed E-state index contributed by atoms with van der Waals surface area (Å²) >= 11 is 0. The summed E-state index contributed by atoms with van der Waals surface area (Å²) in [4.78, 5) is 0. The Labute approximate surface area is 96.8 Å². The van der Waals surface area contributed by atoms with Gasteiger partial charge in [0.2, 0.25) is 0 Å². The van der Waals surface area contributed by atoms with E-state index in [1.165, 1.54) is 0 Å². The third kappa shape index (κ3) is 3.18. The number of allylic oxidation sites excluding steroid dienone is 4. The van der Waals surface area contributed by atoms with Crippen molar-refractivity contribution >= 4 is 13.5 Å². The monoisotopic (exact) mass is 208 g/mol. The first kappa shape index (κ1) is 11.9. The molecule has 2 nitrogen and oxygen atoms in total. The predicted octanol–water partition coefficient (Wildman–Crippen LogP) is 1.56. The maximum Gasteiger partial charge on any atom is 0.138 e. The van der Waals surface area contributed by atoms with Crippen LogP contribution in [-0.2, 0) is 0 Å². The second-order valence-electron chi connectivity index (χ2n) is 3.48. The number of benzene rings is 1. The number of hydrogen-bond acceptors (Lipinski definition) is 2. The van der Waals surface area contributed by atoms with Gasteiger partial charge in [-0.3, -0.25) is 0 Å². The van der Waals surface area contributed by atoms with Gasteiger partial charge >= 0.3 is 0 Å². The highest BCUT2D eigenvalue weighted by molar-refractivity contribution is 6.23. The van der Waals surface area contributed by atoms with Crippen LogP contribution < -0.4 is 5.73 Å². The summed E-state index contributed by atoms with van der Waals surface area (Å²) in [6.07, 6.45) is 5.46. The van der Waals surface area contributed by atoms with E-state index in [0.717, 1.165) is 11.0 Å². The van der Waals surface area contributed by atoms with E-state index in [4.69, 9.17) is 11.0 Å². The van der Waals surface area contributed by atoms with Crippen LogP contribution in [0.25, 0.3) is 5.70 Å². The van der Waals surface area contributed by atoms with Crippen LogP contribution in [-0.4, -0.2) is 7.85 Å². The summed E-state index contributed by atoms with van der Waals surface area (Å²) in [5.74, 6) is 0. The first-order valence-electron chi connectivity index (χ1n) is 4.94. The van der Waals surface area contributed by atoms with E-state index < -0.39 is 0 Å². The quantitative estimate of drug-likeness (QED) is 0.605. The van der Waals surface area contributed by atoms with E-state index in [9.17, 15) is 0 Å². The van der Waals surface area contributed by atoms with Crippen molar-refractivity contribution in [2.24, 2.45) is 5.73 Å². The minimum Gasteiger partial charge on any atom is -0.398 e. The zero-order valence-corrected chi connectivity index (χ0v) is 9.27. The van der Waals surface area contributed by atoms with Gasteiger partial charge in [-0.2, -0.15) is 5.26 Å². The zero-order chi connectivity index (χ0) is 12.0. The number of hydrogen-bond donors (Lipinski definition) is 1. The highest BCUT2D eigenvalue weighted by atomic mass is 14.6. The Kier molecular flexibility index (Phi) is 4.17. The summed E-state index contributed by atoms with van der Waals surface area (Å²) in [5.41, 5.74) is 8.77. The Morgan fingerprint density at radius 1 is 1.44 bits per heavy atom. The topological polar surface area (TPSA) is 49.8 Å². The molecule has 1 rings (SSSR count). The Hall–Kier alpha value is -2.21. The van der Waals surface area contributed by atoms with Gasteiger partial charge in [-0.15, -0.1) is 6.58 Å². The molecule has 0 atom stereocenters. The molecule has 0 aliphatic carbocycles. The van der Waals surface area contributed by atoms with Gasteiger partial charge in [-0.25, -0.2) is 0 Å². The van der Waals surface area contributed by atoms with Crippen LogP contribution in [0.15, 0.2) is 54.5 Å². The molecule has 0 bridgehead atoms. The summed E-state index contributed by atoms with van der Waals surface area (Å²) < 4.78 is 0. The molecular weight excluding hydrogens is 195 g/mol. The van der Waals surface area contributed by atoms with Crippen molar-refractivity contribution in [3.8, 4) is 6.07 Å². The lowest BCUT2D eigenvalue weighted by atomic mass is 9.97. The number of rotatable bonds is 3. The summed E-state index contributed by atoms with van der Waals surface area (Å²) in [7, 11) is 1.91. The Bertz CT molecular complexity index is 493. The van der Waals surface area contributed by atoms with Gasteiger partial charge in [-0.1, -0.05) is 35.8 Å². The van der Waals surface area contributed by atoms with Crippen LogP contribution in [0.1, 0.15) is 11.1 Å². The Morgan fingerprint density at radius 2 is 2.12 bits per heavy atom. The molecule has 16 heavy (non-hydrogen) atoms. The van der Waals surface area contributed by atoms with E-state index in [1.54, 1.807) is 12.1 Å². The van der Waals surface area contributed by atoms with Gasteiger partial charge in [0, 0.05) is 11.3 Å². The van der Waals surface area contributed by atoms with Gasteiger partial charge in [0.05, 0.1) is 11.6 Å². The van der Waals surface area contributed by atoms with Gasteiger partial charge in [0.15, 0.2) is 0 Å². The van der Waals surface area contributed by atoms with Crippen LogP contribution in [0, 0.1) is 11.3 Å². The molecule has 78 valence electrons. The molecule has 0 amide bonds. The minimum atomic E-state index is 0.578. The summed E-state index contributed by atoms with van der Waals surface area (Å²) in [6, 6.07) is 9.37. The fraction of sp³-hybridized carbons (Fsp3) is 0. The molecular formula is C13H13BN2. The molecule has 1 aromatic rings. The molecule has 0 saturated carbocycles. The Morgan fingerprint density at radius 3 is 2.75 bits per heavy atom. The van der Waals surface area contributed by atoms with E-state index in [2.05, 4.69) is 12.6 Å². The minimum absolute atomic E-state index is 0.578. The van der Waals surface area contributed by atoms with Gasteiger partial charge < -0.3 is 5.73 Å². The molecule has 1 aromatic carbocycles. The van der Waals surface area contributed by atoms with Crippen LogP contribution >= 0.6 is 0 Å². The fourth-order valence-electron chi connectivity index (χ4n) is 1.24. The van der Waals surface area contributed by atoms with Crippen molar-refractivity contribution in [3.63, 3.8) is 0 Å².